The Kier molecular flexibility index (Phi) is 5.38. The molecule has 0 saturated carbocycles. The lowest BCUT2D eigenvalue weighted by Gasteiger charge is -2.13. The number of esters is 1. The third kappa shape index (κ3) is 4.30. The molecule has 0 aliphatic rings. The molecule has 0 spiro atoms. The van der Waals surface area contributed by atoms with Crippen molar-refractivity contribution in [3.05, 3.63) is 0 Å². The Morgan fingerprint density at radius 3 is 2.36 bits per heavy atom. The molecule has 0 aromatic heterocycles. The van der Waals surface area contributed by atoms with Crippen molar-refractivity contribution < 1.29 is 9.53 Å². The number of thiol groups is 1. The summed E-state index contributed by atoms with van der Waals surface area (Å²) >= 11 is 4.08. The lowest BCUT2D eigenvalue weighted by molar-refractivity contribution is -0.145. The topological polar surface area (TPSA) is 26.3 Å². The fourth-order valence-electron chi connectivity index (χ4n) is 0.981. The second-order valence-corrected chi connectivity index (χ2v) is 3.40. The molecule has 3 heteroatoms. The van der Waals surface area contributed by atoms with Gasteiger partial charge in [0.1, 0.15) is 0 Å². The van der Waals surface area contributed by atoms with E-state index in [1.165, 1.54) is 7.11 Å². The van der Waals surface area contributed by atoms with Gasteiger partial charge in [0.05, 0.1) is 13.0 Å². The molecule has 0 aliphatic carbocycles. The predicted octanol–water partition coefficient (Wildman–Crippen LogP) is 1.75. The Balaban J connectivity index is 3.84. The van der Waals surface area contributed by atoms with E-state index < -0.39 is 0 Å². The second-order valence-electron chi connectivity index (χ2n) is 3.03. The molecule has 0 aromatic rings. The van der Waals surface area contributed by atoms with Gasteiger partial charge in [-0.3, -0.25) is 4.79 Å². The van der Waals surface area contributed by atoms with E-state index in [-0.39, 0.29) is 11.9 Å². The average Bonchev–Trinajstić information content (AvgIpc) is 1.98. The van der Waals surface area contributed by atoms with E-state index in [1.807, 2.05) is 0 Å². The van der Waals surface area contributed by atoms with Crippen molar-refractivity contribution in [1.29, 1.82) is 0 Å². The number of carbonyl (C=O) groups is 1. The predicted molar refractivity (Wildman–Crippen MR) is 48.8 cm³/mol. The molecule has 0 radical (unpaired) electrons. The van der Waals surface area contributed by atoms with Crippen LogP contribution < -0.4 is 0 Å². The van der Waals surface area contributed by atoms with Gasteiger partial charge in [-0.1, -0.05) is 13.8 Å². The summed E-state index contributed by atoms with van der Waals surface area (Å²) in [5, 5.41) is 0. The van der Waals surface area contributed by atoms with Crippen molar-refractivity contribution in [2.45, 2.75) is 20.3 Å². The van der Waals surface area contributed by atoms with Crippen LogP contribution in [-0.2, 0) is 9.53 Å². The summed E-state index contributed by atoms with van der Waals surface area (Å²) < 4.78 is 4.62. The van der Waals surface area contributed by atoms with Gasteiger partial charge < -0.3 is 4.74 Å². The van der Waals surface area contributed by atoms with Crippen LogP contribution in [-0.4, -0.2) is 18.8 Å². The zero-order valence-electron chi connectivity index (χ0n) is 7.33. The maximum Gasteiger partial charge on any atom is 0.309 e. The molecule has 66 valence electrons. The summed E-state index contributed by atoms with van der Waals surface area (Å²) in [6, 6.07) is 0. The molecular weight excluding hydrogens is 160 g/mol. The number of methoxy groups -OCH3 is 1. The van der Waals surface area contributed by atoms with Gasteiger partial charge >= 0.3 is 5.97 Å². The van der Waals surface area contributed by atoms with Gasteiger partial charge in [-0.25, -0.2) is 0 Å². The van der Waals surface area contributed by atoms with Crippen molar-refractivity contribution >= 4 is 18.6 Å². The highest BCUT2D eigenvalue weighted by atomic mass is 32.1. The van der Waals surface area contributed by atoms with Crippen LogP contribution >= 0.6 is 12.6 Å². The van der Waals surface area contributed by atoms with Crippen molar-refractivity contribution in [2.75, 3.05) is 12.9 Å². The minimum Gasteiger partial charge on any atom is -0.469 e. The standard InChI is InChI=1S/C8H16O2S/c1-6(2)4-7(5-11)8(9)10-3/h6-7,11H,4-5H2,1-3H3. The number of ether oxygens (including phenoxy) is 1. The SMILES string of the molecule is COC(=O)C(CS)CC(C)C. The fraction of sp³-hybridized carbons (Fsp3) is 0.875. The van der Waals surface area contributed by atoms with Gasteiger partial charge in [-0.15, -0.1) is 0 Å². The molecule has 0 rings (SSSR count). The Bertz CT molecular complexity index is 123. The van der Waals surface area contributed by atoms with Crippen molar-refractivity contribution in [3.63, 3.8) is 0 Å². The van der Waals surface area contributed by atoms with Crippen molar-refractivity contribution in [1.82, 2.24) is 0 Å². The van der Waals surface area contributed by atoms with Gasteiger partial charge in [0.2, 0.25) is 0 Å². The van der Waals surface area contributed by atoms with E-state index in [0.29, 0.717) is 11.7 Å². The van der Waals surface area contributed by atoms with Gasteiger partial charge in [0.15, 0.2) is 0 Å². The van der Waals surface area contributed by atoms with E-state index in [9.17, 15) is 4.79 Å². The lowest BCUT2D eigenvalue weighted by Crippen LogP contribution is -2.19. The number of carbonyl (C=O) groups excluding carboxylic acids is 1. The van der Waals surface area contributed by atoms with E-state index in [4.69, 9.17) is 0 Å². The first kappa shape index (κ1) is 10.8. The number of hydrogen-bond donors (Lipinski definition) is 1. The van der Waals surface area contributed by atoms with Gasteiger partial charge in [-0.2, -0.15) is 12.6 Å². The Hall–Kier alpha value is -0.180. The van der Waals surface area contributed by atoms with Gasteiger partial charge in [-0.05, 0) is 12.3 Å². The fourth-order valence-corrected chi connectivity index (χ4v) is 1.28. The van der Waals surface area contributed by atoms with Crippen LogP contribution in [0, 0.1) is 11.8 Å². The van der Waals surface area contributed by atoms with E-state index >= 15 is 0 Å². The normalized spacial score (nSPS) is 13.2. The third-order valence-electron chi connectivity index (χ3n) is 1.51. The monoisotopic (exact) mass is 176 g/mol. The summed E-state index contributed by atoms with van der Waals surface area (Å²) in [4.78, 5) is 11.0. The summed E-state index contributed by atoms with van der Waals surface area (Å²) in [6.07, 6.45) is 0.857. The molecule has 0 fully saturated rings. The van der Waals surface area contributed by atoms with E-state index in [0.717, 1.165) is 6.42 Å². The van der Waals surface area contributed by atoms with Crippen LogP contribution in [0.2, 0.25) is 0 Å². The first-order chi connectivity index (χ1) is 5.11. The van der Waals surface area contributed by atoms with Crippen molar-refractivity contribution in [2.24, 2.45) is 11.8 Å². The minimum atomic E-state index is -0.145. The van der Waals surface area contributed by atoms with E-state index in [2.05, 4.69) is 31.2 Å². The van der Waals surface area contributed by atoms with Crippen LogP contribution in [0.1, 0.15) is 20.3 Å². The molecule has 0 amide bonds. The summed E-state index contributed by atoms with van der Waals surface area (Å²) in [5.41, 5.74) is 0. The zero-order valence-corrected chi connectivity index (χ0v) is 8.23. The van der Waals surface area contributed by atoms with Crippen LogP contribution in [0.5, 0.6) is 0 Å². The van der Waals surface area contributed by atoms with Gasteiger partial charge in [0.25, 0.3) is 0 Å². The molecule has 11 heavy (non-hydrogen) atoms. The van der Waals surface area contributed by atoms with Crippen LogP contribution in [0.25, 0.3) is 0 Å². The molecule has 0 saturated heterocycles. The van der Waals surface area contributed by atoms with E-state index in [1.54, 1.807) is 0 Å². The highest BCUT2D eigenvalue weighted by Gasteiger charge is 2.18. The maximum absolute atomic E-state index is 11.0. The molecule has 0 heterocycles. The van der Waals surface area contributed by atoms with Crippen molar-refractivity contribution in [3.8, 4) is 0 Å². The first-order valence-electron chi connectivity index (χ1n) is 3.80. The molecule has 0 aliphatic heterocycles. The second kappa shape index (κ2) is 5.47. The summed E-state index contributed by atoms with van der Waals surface area (Å²) in [5.74, 6) is 0.911. The quantitative estimate of drug-likeness (QED) is 0.522. The van der Waals surface area contributed by atoms with Crippen LogP contribution in [0.3, 0.4) is 0 Å². The lowest BCUT2D eigenvalue weighted by atomic mass is 9.99. The molecular formula is C8H16O2S. The highest BCUT2D eigenvalue weighted by Crippen LogP contribution is 2.14. The summed E-state index contributed by atoms with van der Waals surface area (Å²) in [6.45, 7) is 4.17. The Labute approximate surface area is 73.7 Å². The maximum atomic E-state index is 11.0. The molecule has 0 aromatic carbocycles. The molecule has 0 N–H and O–H groups in total. The number of rotatable bonds is 4. The Morgan fingerprint density at radius 2 is 2.09 bits per heavy atom. The largest absolute Gasteiger partial charge is 0.469 e. The molecule has 0 bridgehead atoms. The molecule has 1 atom stereocenters. The third-order valence-corrected chi connectivity index (χ3v) is 1.95. The average molecular weight is 176 g/mol. The highest BCUT2D eigenvalue weighted by molar-refractivity contribution is 7.80. The Morgan fingerprint density at radius 1 is 1.55 bits per heavy atom. The zero-order chi connectivity index (χ0) is 8.85. The minimum absolute atomic E-state index is 0.0386. The van der Waals surface area contributed by atoms with Crippen LogP contribution in [0.15, 0.2) is 0 Å². The summed E-state index contributed by atoms with van der Waals surface area (Å²) in [7, 11) is 1.42. The molecule has 1 unspecified atom stereocenters. The smallest absolute Gasteiger partial charge is 0.309 e. The molecule has 2 nitrogen and oxygen atoms in total. The number of hydrogen-bond acceptors (Lipinski definition) is 3. The first-order valence-corrected chi connectivity index (χ1v) is 4.43. The van der Waals surface area contributed by atoms with Crippen LogP contribution in [0.4, 0.5) is 0 Å². The van der Waals surface area contributed by atoms with Gasteiger partial charge in [0, 0.05) is 5.75 Å².